The van der Waals surface area contributed by atoms with E-state index in [1.54, 1.807) is 7.05 Å². The number of esters is 1. The van der Waals surface area contributed by atoms with E-state index in [-0.39, 0.29) is 11.6 Å². The first-order valence-electron chi connectivity index (χ1n) is 13.6. The molecule has 0 bridgehead atoms. The Labute approximate surface area is 233 Å². The monoisotopic (exact) mass is 532 g/mol. The number of carbonyl (C=O) groups is 1. The Balaban J connectivity index is 0.000000320. The fourth-order valence-corrected chi connectivity index (χ4v) is 4.75. The van der Waals surface area contributed by atoms with Crippen LogP contribution < -0.4 is 21.3 Å². The van der Waals surface area contributed by atoms with Crippen molar-refractivity contribution in [3.63, 3.8) is 0 Å². The molecule has 0 unspecified atom stereocenters. The van der Waals surface area contributed by atoms with Crippen LogP contribution in [0.1, 0.15) is 55.0 Å². The minimum Gasteiger partial charge on any atom is -0.486 e. The SMILES string of the molecule is CCOC(=O)CCc1ccc(C)c(CN2Cc3ccccc3OC(C)(C)C2)c1.Cc1cccc(N(C)N)c1N. The quantitative estimate of drug-likeness (QED) is 0.178. The fraction of sp³-hybridized carbons (Fsp3) is 0.406. The molecular weight excluding hydrogens is 488 g/mol. The van der Waals surface area contributed by atoms with Gasteiger partial charge in [-0.25, -0.2) is 5.84 Å². The maximum Gasteiger partial charge on any atom is 0.306 e. The highest BCUT2D eigenvalue weighted by atomic mass is 16.5. The minimum absolute atomic E-state index is 0.132. The van der Waals surface area contributed by atoms with Crippen LogP contribution in [-0.4, -0.2) is 36.7 Å². The van der Waals surface area contributed by atoms with Crippen LogP contribution in [0.25, 0.3) is 0 Å². The second-order valence-electron chi connectivity index (χ2n) is 10.8. The summed E-state index contributed by atoms with van der Waals surface area (Å²) < 4.78 is 11.3. The Morgan fingerprint density at radius 3 is 2.51 bits per heavy atom. The van der Waals surface area contributed by atoms with Crippen molar-refractivity contribution in [3.05, 3.63) is 88.5 Å². The van der Waals surface area contributed by atoms with Gasteiger partial charge in [-0.15, -0.1) is 0 Å². The number of anilines is 2. The lowest BCUT2D eigenvalue weighted by molar-refractivity contribution is -0.143. The molecule has 3 aromatic carbocycles. The Morgan fingerprint density at radius 1 is 1.08 bits per heavy atom. The van der Waals surface area contributed by atoms with Gasteiger partial charge in [0.1, 0.15) is 11.4 Å². The molecule has 39 heavy (non-hydrogen) atoms. The van der Waals surface area contributed by atoms with Gasteiger partial charge in [0, 0.05) is 38.7 Å². The van der Waals surface area contributed by atoms with Gasteiger partial charge in [0.2, 0.25) is 0 Å². The van der Waals surface area contributed by atoms with Crippen molar-refractivity contribution in [1.29, 1.82) is 0 Å². The average Bonchev–Trinajstić information content (AvgIpc) is 3.00. The van der Waals surface area contributed by atoms with Crippen molar-refractivity contribution in [2.45, 2.75) is 66.2 Å². The molecule has 0 atom stereocenters. The highest BCUT2D eigenvalue weighted by molar-refractivity contribution is 5.70. The van der Waals surface area contributed by atoms with Crippen molar-refractivity contribution >= 4 is 17.3 Å². The van der Waals surface area contributed by atoms with E-state index in [0.717, 1.165) is 42.3 Å². The van der Waals surface area contributed by atoms with Gasteiger partial charge in [-0.2, -0.15) is 0 Å². The smallest absolute Gasteiger partial charge is 0.306 e. The number of rotatable bonds is 7. The van der Waals surface area contributed by atoms with E-state index in [1.165, 1.54) is 27.3 Å². The van der Waals surface area contributed by atoms with Crippen molar-refractivity contribution in [1.82, 2.24) is 4.90 Å². The summed E-state index contributed by atoms with van der Waals surface area (Å²) in [5.74, 6) is 6.39. The number of aryl methyl sites for hydroxylation is 3. The molecular formula is C32H44N4O3. The largest absolute Gasteiger partial charge is 0.486 e. The number of para-hydroxylation sites is 2. The van der Waals surface area contributed by atoms with Gasteiger partial charge < -0.3 is 20.2 Å². The number of nitrogens with two attached hydrogens (primary N) is 2. The molecule has 1 aliphatic heterocycles. The van der Waals surface area contributed by atoms with Gasteiger partial charge in [0.25, 0.3) is 0 Å². The lowest BCUT2D eigenvalue weighted by atomic mass is 10.0. The Kier molecular flexibility index (Phi) is 10.4. The molecule has 4 rings (SSSR count). The maximum absolute atomic E-state index is 11.7. The molecule has 3 aromatic rings. The van der Waals surface area contributed by atoms with Crippen LogP contribution in [0, 0.1) is 13.8 Å². The number of nitrogen functional groups attached to an aromatic ring is 1. The lowest BCUT2D eigenvalue weighted by Gasteiger charge is -2.30. The molecule has 1 heterocycles. The van der Waals surface area contributed by atoms with Gasteiger partial charge in [-0.05, 0) is 75.4 Å². The van der Waals surface area contributed by atoms with E-state index < -0.39 is 0 Å². The second kappa shape index (κ2) is 13.5. The first kappa shape index (κ1) is 30.0. The number of carbonyl (C=O) groups excluding carboxylic acids is 1. The summed E-state index contributed by atoms with van der Waals surface area (Å²) in [6, 6.07) is 20.6. The van der Waals surface area contributed by atoms with Crippen LogP contribution in [-0.2, 0) is 29.0 Å². The fourth-order valence-electron chi connectivity index (χ4n) is 4.75. The summed E-state index contributed by atoms with van der Waals surface area (Å²) in [5.41, 5.74) is 13.2. The molecule has 0 aliphatic carbocycles. The number of fused-ring (bicyclic) bond motifs is 1. The zero-order chi connectivity index (χ0) is 28.6. The van der Waals surface area contributed by atoms with E-state index in [4.69, 9.17) is 21.1 Å². The van der Waals surface area contributed by atoms with Crippen LogP contribution in [0.2, 0.25) is 0 Å². The van der Waals surface area contributed by atoms with Crippen molar-refractivity contribution in [3.8, 4) is 5.75 Å². The van der Waals surface area contributed by atoms with E-state index in [9.17, 15) is 4.79 Å². The molecule has 210 valence electrons. The van der Waals surface area contributed by atoms with E-state index in [1.807, 2.05) is 38.1 Å². The number of nitrogens with zero attached hydrogens (tertiary/aromatic N) is 2. The maximum atomic E-state index is 11.7. The highest BCUT2D eigenvalue weighted by Crippen LogP contribution is 2.30. The van der Waals surface area contributed by atoms with Crippen molar-refractivity contribution in [2.24, 2.45) is 5.84 Å². The predicted octanol–water partition coefficient (Wildman–Crippen LogP) is 5.55. The number of hydrogen-bond acceptors (Lipinski definition) is 7. The predicted molar refractivity (Wildman–Crippen MR) is 160 cm³/mol. The topological polar surface area (TPSA) is 94.0 Å². The molecule has 0 spiro atoms. The van der Waals surface area contributed by atoms with Gasteiger partial charge in [-0.3, -0.25) is 9.69 Å². The molecule has 0 saturated heterocycles. The zero-order valence-corrected chi connectivity index (χ0v) is 24.3. The summed E-state index contributed by atoms with van der Waals surface area (Å²) in [6.07, 6.45) is 1.14. The molecule has 0 aromatic heterocycles. The van der Waals surface area contributed by atoms with Gasteiger partial charge >= 0.3 is 5.97 Å². The van der Waals surface area contributed by atoms with Crippen molar-refractivity contribution in [2.75, 3.05) is 30.9 Å². The number of ether oxygens (including phenoxy) is 2. The summed E-state index contributed by atoms with van der Waals surface area (Å²) in [4.78, 5) is 14.1. The molecule has 0 amide bonds. The molecule has 0 saturated carbocycles. The second-order valence-corrected chi connectivity index (χ2v) is 10.8. The standard InChI is InChI=1S/C24H31NO3.C8H13N3/c1-5-27-23(26)13-12-19-11-10-18(2)21(14-19)16-25-15-20-8-6-7-9-22(20)28-24(3,4)17-25;1-6-4-3-5-7(8(6)9)11(2)10/h6-11,14H,5,12-13,15-17H2,1-4H3;3-5H,9-10H2,1-2H3. The van der Waals surface area contributed by atoms with E-state index in [2.05, 4.69) is 62.1 Å². The summed E-state index contributed by atoms with van der Waals surface area (Å²) in [7, 11) is 1.77. The van der Waals surface area contributed by atoms with Gasteiger partial charge in [-0.1, -0.05) is 48.5 Å². The summed E-state index contributed by atoms with van der Waals surface area (Å²) >= 11 is 0. The number of hydrogen-bond donors (Lipinski definition) is 2. The minimum atomic E-state index is -0.248. The third kappa shape index (κ3) is 8.73. The molecule has 0 fully saturated rings. The first-order valence-corrected chi connectivity index (χ1v) is 13.6. The Bertz CT molecular complexity index is 1260. The van der Waals surface area contributed by atoms with Gasteiger partial charge in [0.15, 0.2) is 0 Å². The van der Waals surface area contributed by atoms with Crippen LogP contribution in [0.3, 0.4) is 0 Å². The normalized spacial score (nSPS) is 14.2. The van der Waals surface area contributed by atoms with Crippen molar-refractivity contribution < 1.29 is 14.3 Å². The van der Waals surface area contributed by atoms with Crippen LogP contribution >= 0.6 is 0 Å². The lowest BCUT2D eigenvalue weighted by Crippen LogP contribution is -2.40. The summed E-state index contributed by atoms with van der Waals surface area (Å²) in [5, 5.41) is 1.52. The third-order valence-electron chi connectivity index (χ3n) is 6.77. The first-order chi connectivity index (χ1) is 18.5. The average molecular weight is 533 g/mol. The molecule has 1 aliphatic rings. The van der Waals surface area contributed by atoms with E-state index in [0.29, 0.717) is 19.4 Å². The number of hydrazine groups is 1. The van der Waals surface area contributed by atoms with Crippen LogP contribution in [0.15, 0.2) is 60.7 Å². The van der Waals surface area contributed by atoms with Crippen LogP contribution in [0.5, 0.6) is 5.75 Å². The zero-order valence-electron chi connectivity index (χ0n) is 24.3. The molecule has 4 N–H and O–H groups in total. The molecule has 0 radical (unpaired) electrons. The molecule has 7 heteroatoms. The summed E-state index contributed by atoms with van der Waals surface area (Å²) in [6.45, 7) is 13.3. The third-order valence-corrected chi connectivity index (χ3v) is 6.77. The Hall–Kier alpha value is -3.55. The van der Waals surface area contributed by atoms with Crippen LogP contribution in [0.4, 0.5) is 11.4 Å². The van der Waals surface area contributed by atoms with Gasteiger partial charge in [0.05, 0.1) is 18.0 Å². The molecule has 7 nitrogen and oxygen atoms in total. The van der Waals surface area contributed by atoms with E-state index >= 15 is 0 Å². The Morgan fingerprint density at radius 2 is 1.82 bits per heavy atom. The number of benzene rings is 3. The highest BCUT2D eigenvalue weighted by Gasteiger charge is 2.29.